The van der Waals surface area contributed by atoms with E-state index in [1.165, 1.54) is 0 Å². The molecule has 6 heteroatoms. The van der Waals surface area contributed by atoms with Gasteiger partial charge in [0.05, 0.1) is 12.4 Å². The van der Waals surface area contributed by atoms with Gasteiger partial charge in [0.2, 0.25) is 0 Å². The summed E-state index contributed by atoms with van der Waals surface area (Å²) in [6.07, 6.45) is 0. The zero-order valence-electron chi connectivity index (χ0n) is 9.00. The summed E-state index contributed by atoms with van der Waals surface area (Å²) in [4.78, 5) is 10.4. The maximum atomic E-state index is 11.6. The van der Waals surface area contributed by atoms with Gasteiger partial charge in [-0.1, -0.05) is 18.2 Å². The van der Waals surface area contributed by atoms with Gasteiger partial charge >= 0.3 is 5.97 Å². The fourth-order valence-corrected chi connectivity index (χ4v) is 3.30. The van der Waals surface area contributed by atoms with Crippen LogP contribution >= 0.6 is 0 Å². The number of rotatable bonds is 4. The average molecular weight is 256 g/mol. The predicted molar refractivity (Wildman–Crippen MR) is 61.0 cm³/mol. The number of benzene rings is 1. The molecule has 1 atom stereocenters. The molecular formula is C11H12O5S. The Balaban J connectivity index is 2.15. The van der Waals surface area contributed by atoms with Crippen LogP contribution in [0.25, 0.3) is 0 Å². The quantitative estimate of drug-likeness (QED) is 0.856. The van der Waals surface area contributed by atoms with Crippen LogP contribution in [-0.4, -0.2) is 37.6 Å². The maximum absolute atomic E-state index is 11.6. The van der Waals surface area contributed by atoms with Gasteiger partial charge in [0.15, 0.2) is 9.84 Å². The lowest BCUT2D eigenvalue weighted by Gasteiger charge is -2.08. The Labute approximate surface area is 98.9 Å². The van der Waals surface area contributed by atoms with Crippen LogP contribution in [0.5, 0.6) is 5.75 Å². The van der Waals surface area contributed by atoms with E-state index in [4.69, 9.17) is 9.84 Å². The topological polar surface area (TPSA) is 80.7 Å². The van der Waals surface area contributed by atoms with E-state index in [1.807, 2.05) is 18.2 Å². The lowest BCUT2D eigenvalue weighted by Crippen LogP contribution is -2.23. The molecule has 0 aliphatic carbocycles. The third-order valence-corrected chi connectivity index (χ3v) is 4.19. The Bertz CT molecular complexity index is 535. The summed E-state index contributed by atoms with van der Waals surface area (Å²) in [6.45, 7) is 0.290. The normalized spacial score (nSPS) is 18.5. The number of para-hydroxylation sites is 1. The molecule has 1 aromatic rings. The smallest absolute Gasteiger partial charge is 0.318 e. The molecule has 1 aliphatic rings. The van der Waals surface area contributed by atoms with Crippen molar-refractivity contribution in [3.05, 3.63) is 29.8 Å². The molecule has 2 rings (SSSR count). The summed E-state index contributed by atoms with van der Waals surface area (Å²) in [6, 6.07) is 7.21. The van der Waals surface area contributed by atoms with E-state index in [1.54, 1.807) is 6.07 Å². The first-order chi connectivity index (χ1) is 7.98. The van der Waals surface area contributed by atoms with Gasteiger partial charge in [-0.15, -0.1) is 0 Å². The van der Waals surface area contributed by atoms with Crippen LogP contribution in [0.2, 0.25) is 0 Å². The third-order valence-electron chi connectivity index (χ3n) is 2.60. The van der Waals surface area contributed by atoms with E-state index < -0.39 is 21.6 Å². The zero-order valence-corrected chi connectivity index (χ0v) is 9.81. The van der Waals surface area contributed by atoms with Crippen molar-refractivity contribution in [2.75, 3.05) is 18.1 Å². The van der Waals surface area contributed by atoms with Crippen molar-refractivity contribution in [1.29, 1.82) is 0 Å². The SMILES string of the molecule is O=C(O)CS(=O)(=O)CC1COc2ccccc21. The molecule has 0 saturated carbocycles. The highest BCUT2D eigenvalue weighted by Crippen LogP contribution is 2.34. The number of hydrogen-bond donors (Lipinski definition) is 1. The van der Waals surface area contributed by atoms with Crippen molar-refractivity contribution < 1.29 is 23.1 Å². The molecule has 92 valence electrons. The van der Waals surface area contributed by atoms with Crippen LogP contribution in [0.3, 0.4) is 0 Å². The van der Waals surface area contributed by atoms with E-state index in [9.17, 15) is 13.2 Å². The summed E-state index contributed by atoms with van der Waals surface area (Å²) in [5.74, 6) is -1.92. The summed E-state index contributed by atoms with van der Waals surface area (Å²) in [7, 11) is -3.59. The van der Waals surface area contributed by atoms with Crippen LogP contribution in [0, 0.1) is 0 Å². The van der Waals surface area contributed by atoms with Gasteiger partial charge in [-0.2, -0.15) is 0 Å². The van der Waals surface area contributed by atoms with Crippen molar-refractivity contribution in [2.45, 2.75) is 5.92 Å². The molecule has 0 saturated heterocycles. The van der Waals surface area contributed by atoms with Crippen molar-refractivity contribution in [1.82, 2.24) is 0 Å². The number of sulfone groups is 1. The van der Waals surface area contributed by atoms with Crippen LogP contribution < -0.4 is 4.74 Å². The van der Waals surface area contributed by atoms with E-state index in [2.05, 4.69) is 0 Å². The van der Waals surface area contributed by atoms with Crippen LogP contribution in [0.15, 0.2) is 24.3 Å². The van der Waals surface area contributed by atoms with Gasteiger partial charge in [0, 0.05) is 11.5 Å². The van der Waals surface area contributed by atoms with Crippen LogP contribution in [0.4, 0.5) is 0 Å². The first kappa shape index (κ1) is 11.9. The Morgan fingerprint density at radius 3 is 2.82 bits per heavy atom. The fourth-order valence-electron chi connectivity index (χ4n) is 1.92. The van der Waals surface area contributed by atoms with Gasteiger partial charge in [-0.05, 0) is 6.07 Å². The van der Waals surface area contributed by atoms with E-state index in [-0.39, 0.29) is 18.3 Å². The number of carboxylic acids is 1. The van der Waals surface area contributed by atoms with Crippen molar-refractivity contribution in [3.8, 4) is 5.75 Å². The Kier molecular flexibility index (Phi) is 3.06. The largest absolute Gasteiger partial charge is 0.493 e. The lowest BCUT2D eigenvalue weighted by molar-refractivity contribution is -0.134. The third kappa shape index (κ3) is 2.76. The Morgan fingerprint density at radius 2 is 2.12 bits per heavy atom. The highest BCUT2D eigenvalue weighted by atomic mass is 32.2. The molecule has 1 aliphatic heterocycles. The summed E-state index contributed by atoms with van der Waals surface area (Å²) in [5.41, 5.74) is 0.835. The van der Waals surface area contributed by atoms with Crippen molar-refractivity contribution in [2.24, 2.45) is 0 Å². The first-order valence-corrected chi connectivity index (χ1v) is 6.94. The molecular weight excluding hydrogens is 244 g/mol. The zero-order chi connectivity index (χ0) is 12.5. The van der Waals surface area contributed by atoms with Crippen LogP contribution in [-0.2, 0) is 14.6 Å². The second-order valence-corrected chi connectivity index (χ2v) is 6.10. The average Bonchev–Trinajstić information content (AvgIpc) is 2.59. The first-order valence-electron chi connectivity index (χ1n) is 5.12. The number of carbonyl (C=O) groups is 1. The van der Waals surface area contributed by atoms with Crippen molar-refractivity contribution in [3.63, 3.8) is 0 Å². The Morgan fingerprint density at radius 1 is 1.41 bits per heavy atom. The molecule has 1 heterocycles. The van der Waals surface area contributed by atoms with E-state index in [0.717, 1.165) is 5.56 Å². The predicted octanol–water partition coefficient (Wildman–Crippen LogP) is 0.662. The van der Waals surface area contributed by atoms with Gasteiger partial charge in [-0.3, -0.25) is 4.79 Å². The van der Waals surface area contributed by atoms with Crippen molar-refractivity contribution >= 4 is 15.8 Å². The number of carboxylic acid groups (broad SMARTS) is 1. The molecule has 1 N–H and O–H groups in total. The highest BCUT2D eigenvalue weighted by Gasteiger charge is 2.29. The van der Waals surface area contributed by atoms with Gasteiger partial charge in [0.25, 0.3) is 0 Å². The molecule has 0 bridgehead atoms. The molecule has 0 amide bonds. The molecule has 17 heavy (non-hydrogen) atoms. The summed E-state index contributed by atoms with van der Waals surface area (Å²) >= 11 is 0. The van der Waals surface area contributed by atoms with Crippen LogP contribution in [0.1, 0.15) is 11.5 Å². The van der Waals surface area contributed by atoms with E-state index >= 15 is 0 Å². The molecule has 0 fully saturated rings. The van der Waals surface area contributed by atoms with Gasteiger partial charge < -0.3 is 9.84 Å². The Hall–Kier alpha value is -1.56. The maximum Gasteiger partial charge on any atom is 0.318 e. The number of fused-ring (bicyclic) bond motifs is 1. The number of ether oxygens (including phenoxy) is 1. The highest BCUT2D eigenvalue weighted by molar-refractivity contribution is 7.92. The fraction of sp³-hybridized carbons (Fsp3) is 0.364. The lowest BCUT2D eigenvalue weighted by atomic mass is 10.0. The second-order valence-electron chi connectivity index (χ2n) is 3.99. The standard InChI is InChI=1S/C11H12O5S/c12-11(13)7-17(14,15)6-8-5-16-10-4-2-1-3-9(8)10/h1-4,8H,5-7H2,(H,12,13). The minimum absolute atomic E-state index is 0.184. The molecule has 1 aromatic carbocycles. The summed E-state index contributed by atoms with van der Waals surface area (Å²) < 4.78 is 28.5. The monoisotopic (exact) mass is 256 g/mol. The molecule has 0 radical (unpaired) electrons. The number of aliphatic carboxylic acids is 1. The van der Waals surface area contributed by atoms with Gasteiger partial charge in [0.1, 0.15) is 11.5 Å². The van der Waals surface area contributed by atoms with Gasteiger partial charge in [-0.25, -0.2) is 8.42 Å². The molecule has 0 aromatic heterocycles. The minimum atomic E-state index is -3.59. The molecule has 5 nitrogen and oxygen atoms in total. The van der Waals surface area contributed by atoms with E-state index in [0.29, 0.717) is 5.75 Å². The second kappa shape index (κ2) is 4.37. The molecule has 1 unspecified atom stereocenters. The minimum Gasteiger partial charge on any atom is -0.493 e. The molecule has 0 spiro atoms. The number of hydrogen-bond acceptors (Lipinski definition) is 4. The summed E-state index contributed by atoms with van der Waals surface area (Å²) in [5, 5.41) is 8.51.